The molecule has 0 spiro atoms. The molecule has 0 fully saturated rings. The second kappa shape index (κ2) is 6.32. The van der Waals surface area contributed by atoms with Gasteiger partial charge in [0, 0.05) is 23.1 Å². The summed E-state index contributed by atoms with van der Waals surface area (Å²) in [5, 5.41) is 7.71. The van der Waals surface area contributed by atoms with Gasteiger partial charge in [-0.15, -0.1) is 0 Å². The number of hydrogen-bond acceptors (Lipinski definition) is 3. The highest BCUT2D eigenvalue weighted by Gasteiger charge is 2.08. The maximum atomic E-state index is 4.40. The summed E-state index contributed by atoms with van der Waals surface area (Å²) in [5.41, 5.74) is 3.40. The van der Waals surface area contributed by atoms with E-state index >= 15 is 0 Å². The minimum absolute atomic E-state index is 0.156. The Kier molecular flexibility index (Phi) is 4.24. The van der Waals surface area contributed by atoms with Crippen molar-refractivity contribution in [3.63, 3.8) is 0 Å². The van der Waals surface area contributed by atoms with Crippen LogP contribution in [0.25, 0.3) is 5.69 Å². The van der Waals surface area contributed by atoms with Gasteiger partial charge in [-0.25, -0.2) is 9.67 Å². The quantitative estimate of drug-likeness (QED) is 0.747. The van der Waals surface area contributed by atoms with Gasteiger partial charge in [0.1, 0.15) is 5.82 Å². The molecule has 5 heteroatoms. The Balaban J connectivity index is 1.81. The average Bonchev–Trinajstić information content (AvgIpc) is 3.05. The van der Waals surface area contributed by atoms with Crippen molar-refractivity contribution >= 4 is 21.7 Å². The van der Waals surface area contributed by atoms with Crippen LogP contribution in [0.2, 0.25) is 0 Å². The van der Waals surface area contributed by atoms with Gasteiger partial charge in [-0.2, -0.15) is 5.10 Å². The Morgan fingerprint density at radius 1 is 1.23 bits per heavy atom. The van der Waals surface area contributed by atoms with Crippen LogP contribution in [-0.4, -0.2) is 14.8 Å². The standard InChI is InChI=1S/C17H17BrN4/c1-12-9-17(19-11-16(12)18)21-13(2)14-5-3-6-15(10-14)22-8-4-7-20-22/h3-11,13H,1-2H3,(H,19,21). The van der Waals surface area contributed by atoms with Crippen LogP contribution in [0.4, 0.5) is 5.82 Å². The van der Waals surface area contributed by atoms with Gasteiger partial charge in [-0.05, 0) is 65.2 Å². The highest BCUT2D eigenvalue weighted by Crippen LogP contribution is 2.23. The Bertz CT molecular complexity index is 768. The van der Waals surface area contributed by atoms with Crippen LogP contribution < -0.4 is 5.32 Å². The Morgan fingerprint density at radius 3 is 2.82 bits per heavy atom. The summed E-state index contributed by atoms with van der Waals surface area (Å²) in [6.07, 6.45) is 5.55. The summed E-state index contributed by atoms with van der Waals surface area (Å²) < 4.78 is 2.88. The van der Waals surface area contributed by atoms with Crippen LogP contribution in [-0.2, 0) is 0 Å². The molecule has 0 aliphatic carbocycles. The Morgan fingerprint density at radius 2 is 2.09 bits per heavy atom. The molecule has 0 bridgehead atoms. The minimum Gasteiger partial charge on any atom is -0.364 e. The third kappa shape index (κ3) is 3.20. The predicted octanol–water partition coefficient (Wildman–Crippen LogP) is 4.51. The minimum atomic E-state index is 0.156. The molecule has 1 aromatic carbocycles. The van der Waals surface area contributed by atoms with E-state index in [1.165, 1.54) is 5.56 Å². The highest BCUT2D eigenvalue weighted by molar-refractivity contribution is 9.10. The summed E-state index contributed by atoms with van der Waals surface area (Å²) in [7, 11) is 0. The lowest BCUT2D eigenvalue weighted by Crippen LogP contribution is -2.09. The Hall–Kier alpha value is -2.14. The fourth-order valence-corrected chi connectivity index (χ4v) is 2.50. The maximum absolute atomic E-state index is 4.40. The molecular weight excluding hydrogens is 340 g/mol. The monoisotopic (exact) mass is 356 g/mol. The fourth-order valence-electron chi connectivity index (χ4n) is 2.28. The number of nitrogens with one attached hydrogen (secondary N) is 1. The summed E-state index contributed by atoms with van der Waals surface area (Å²) in [6, 6.07) is 12.5. The lowest BCUT2D eigenvalue weighted by molar-refractivity contribution is 0.849. The van der Waals surface area contributed by atoms with Gasteiger partial charge in [0.15, 0.2) is 0 Å². The van der Waals surface area contributed by atoms with Crippen LogP contribution in [0.3, 0.4) is 0 Å². The number of nitrogens with zero attached hydrogens (tertiary/aromatic N) is 3. The third-order valence-electron chi connectivity index (χ3n) is 3.55. The van der Waals surface area contributed by atoms with Gasteiger partial charge < -0.3 is 5.32 Å². The topological polar surface area (TPSA) is 42.7 Å². The van der Waals surface area contributed by atoms with E-state index in [-0.39, 0.29) is 6.04 Å². The zero-order valence-corrected chi connectivity index (χ0v) is 14.1. The zero-order valence-electron chi connectivity index (χ0n) is 12.5. The van der Waals surface area contributed by atoms with E-state index in [1.54, 1.807) is 6.20 Å². The smallest absolute Gasteiger partial charge is 0.126 e. The van der Waals surface area contributed by atoms with Gasteiger partial charge >= 0.3 is 0 Å². The molecule has 0 saturated heterocycles. The third-order valence-corrected chi connectivity index (χ3v) is 4.38. The number of hydrogen-bond donors (Lipinski definition) is 1. The van der Waals surface area contributed by atoms with Gasteiger partial charge in [0.25, 0.3) is 0 Å². The van der Waals surface area contributed by atoms with Gasteiger partial charge in [0.2, 0.25) is 0 Å². The van der Waals surface area contributed by atoms with Crippen molar-refractivity contribution in [2.75, 3.05) is 5.32 Å². The van der Waals surface area contributed by atoms with E-state index in [9.17, 15) is 0 Å². The van der Waals surface area contributed by atoms with Crippen molar-refractivity contribution in [3.8, 4) is 5.69 Å². The molecule has 1 unspecified atom stereocenters. The molecule has 2 heterocycles. The van der Waals surface area contributed by atoms with E-state index in [2.05, 4.69) is 57.3 Å². The summed E-state index contributed by atoms with van der Waals surface area (Å²) in [4.78, 5) is 4.40. The van der Waals surface area contributed by atoms with E-state index in [1.807, 2.05) is 41.3 Å². The maximum Gasteiger partial charge on any atom is 0.126 e. The number of halogens is 1. The first-order valence-corrected chi connectivity index (χ1v) is 7.91. The van der Waals surface area contributed by atoms with E-state index < -0.39 is 0 Å². The molecule has 22 heavy (non-hydrogen) atoms. The van der Waals surface area contributed by atoms with Crippen molar-refractivity contribution in [1.82, 2.24) is 14.8 Å². The highest BCUT2D eigenvalue weighted by atomic mass is 79.9. The number of pyridine rings is 1. The molecule has 2 aromatic heterocycles. The molecule has 0 saturated carbocycles. The average molecular weight is 357 g/mol. The molecule has 4 nitrogen and oxygen atoms in total. The summed E-state index contributed by atoms with van der Waals surface area (Å²) >= 11 is 3.47. The first-order valence-electron chi connectivity index (χ1n) is 7.12. The molecule has 1 atom stereocenters. The SMILES string of the molecule is Cc1cc(NC(C)c2cccc(-n3cccn3)c2)ncc1Br. The lowest BCUT2D eigenvalue weighted by Gasteiger charge is -2.16. The second-order valence-corrected chi connectivity index (χ2v) is 6.08. The summed E-state index contributed by atoms with van der Waals surface area (Å²) in [5.74, 6) is 0.873. The van der Waals surface area contributed by atoms with Crippen LogP contribution in [0.1, 0.15) is 24.1 Å². The lowest BCUT2D eigenvalue weighted by atomic mass is 10.1. The van der Waals surface area contributed by atoms with Crippen molar-refractivity contribution < 1.29 is 0 Å². The van der Waals surface area contributed by atoms with Crippen molar-refractivity contribution in [1.29, 1.82) is 0 Å². The van der Waals surface area contributed by atoms with Crippen LogP contribution in [0, 0.1) is 6.92 Å². The fraction of sp³-hybridized carbons (Fsp3) is 0.176. The second-order valence-electron chi connectivity index (χ2n) is 5.23. The largest absolute Gasteiger partial charge is 0.364 e. The van der Waals surface area contributed by atoms with Gasteiger partial charge in [0.05, 0.1) is 11.7 Å². The van der Waals surface area contributed by atoms with Crippen LogP contribution >= 0.6 is 15.9 Å². The van der Waals surface area contributed by atoms with E-state index in [0.717, 1.165) is 21.5 Å². The zero-order chi connectivity index (χ0) is 15.5. The van der Waals surface area contributed by atoms with Gasteiger partial charge in [-0.3, -0.25) is 0 Å². The number of aromatic nitrogens is 3. The molecule has 0 aliphatic heterocycles. The normalized spacial score (nSPS) is 12.1. The number of anilines is 1. The van der Waals surface area contributed by atoms with E-state index in [4.69, 9.17) is 0 Å². The van der Waals surface area contributed by atoms with Crippen LogP contribution in [0.5, 0.6) is 0 Å². The molecule has 1 N–H and O–H groups in total. The van der Waals surface area contributed by atoms with E-state index in [0.29, 0.717) is 0 Å². The molecule has 0 aliphatic rings. The molecule has 112 valence electrons. The number of benzene rings is 1. The van der Waals surface area contributed by atoms with Crippen molar-refractivity contribution in [2.45, 2.75) is 19.9 Å². The summed E-state index contributed by atoms with van der Waals surface area (Å²) in [6.45, 7) is 4.18. The van der Waals surface area contributed by atoms with Crippen LogP contribution in [0.15, 0.2) is 59.5 Å². The molecule has 3 rings (SSSR count). The first-order chi connectivity index (χ1) is 10.6. The first kappa shape index (κ1) is 14.8. The van der Waals surface area contributed by atoms with Crippen molar-refractivity contribution in [3.05, 3.63) is 70.6 Å². The van der Waals surface area contributed by atoms with Crippen molar-refractivity contribution in [2.24, 2.45) is 0 Å². The predicted molar refractivity (Wildman–Crippen MR) is 92.3 cm³/mol. The van der Waals surface area contributed by atoms with Gasteiger partial charge in [-0.1, -0.05) is 12.1 Å². The molecular formula is C17H17BrN4. The number of rotatable bonds is 4. The number of aryl methyl sites for hydroxylation is 1. The molecule has 0 amide bonds. The molecule has 0 radical (unpaired) electrons. The molecule has 3 aromatic rings. The Labute approximate surface area is 138 Å².